The normalized spacial score (nSPS) is 10.9. The van der Waals surface area contributed by atoms with Gasteiger partial charge in [-0.25, -0.2) is 0 Å². The van der Waals surface area contributed by atoms with Crippen LogP contribution in [0.2, 0.25) is 6.04 Å². The van der Waals surface area contributed by atoms with Crippen molar-refractivity contribution in [1.29, 1.82) is 0 Å². The highest BCUT2D eigenvalue weighted by Crippen LogP contribution is 2.02. The molecular formula is C7H16ClO2Si. The Hall–Kier alpha value is 0.427. The molecule has 0 aliphatic rings. The van der Waals surface area contributed by atoms with Crippen LogP contribution in [0.4, 0.5) is 0 Å². The van der Waals surface area contributed by atoms with E-state index in [1.807, 2.05) is 13.8 Å². The van der Waals surface area contributed by atoms with Gasteiger partial charge in [0.15, 0.2) is 0 Å². The second-order valence-electron chi connectivity index (χ2n) is 2.03. The van der Waals surface area contributed by atoms with Gasteiger partial charge in [0.2, 0.25) is 0 Å². The van der Waals surface area contributed by atoms with Crippen LogP contribution in [0.5, 0.6) is 0 Å². The van der Waals surface area contributed by atoms with Crippen LogP contribution >= 0.6 is 11.6 Å². The first kappa shape index (κ1) is 11.4. The fraction of sp³-hybridized carbons (Fsp3) is 1.00. The Bertz CT molecular complexity index is 76.8. The predicted octanol–water partition coefficient (Wildman–Crippen LogP) is 2.18. The summed E-state index contributed by atoms with van der Waals surface area (Å²) in [6.45, 7) is 5.47. The summed E-state index contributed by atoms with van der Waals surface area (Å²) in [6.07, 6.45) is 0.996. The predicted molar refractivity (Wildman–Crippen MR) is 49.2 cm³/mol. The quantitative estimate of drug-likeness (QED) is 0.458. The summed E-state index contributed by atoms with van der Waals surface area (Å²) in [5.74, 6) is 0.703. The Kier molecular flexibility index (Phi) is 8.85. The maximum atomic E-state index is 5.55. The molecule has 0 rings (SSSR count). The highest BCUT2D eigenvalue weighted by atomic mass is 35.5. The molecule has 1 radical (unpaired) electrons. The van der Waals surface area contributed by atoms with Crippen molar-refractivity contribution in [3.8, 4) is 0 Å². The van der Waals surface area contributed by atoms with E-state index in [1.54, 1.807) is 0 Å². The van der Waals surface area contributed by atoms with E-state index in [2.05, 4.69) is 0 Å². The number of hydrogen-bond acceptors (Lipinski definition) is 2. The fourth-order valence-corrected chi connectivity index (χ4v) is 2.56. The summed E-state index contributed by atoms with van der Waals surface area (Å²) in [5.41, 5.74) is 0. The molecule has 4 heteroatoms. The lowest BCUT2D eigenvalue weighted by Crippen LogP contribution is -2.22. The molecule has 0 unspecified atom stereocenters. The van der Waals surface area contributed by atoms with Crippen molar-refractivity contribution in [2.24, 2.45) is 0 Å². The average molecular weight is 196 g/mol. The molecule has 0 fully saturated rings. The number of hydrogen-bond donors (Lipinski definition) is 0. The van der Waals surface area contributed by atoms with Crippen LogP contribution in [0.15, 0.2) is 0 Å². The Labute approximate surface area is 75.7 Å². The zero-order valence-corrected chi connectivity index (χ0v) is 8.99. The van der Waals surface area contributed by atoms with Crippen LogP contribution in [-0.2, 0) is 8.85 Å². The molecule has 0 atom stereocenters. The van der Waals surface area contributed by atoms with Crippen molar-refractivity contribution in [2.75, 3.05) is 19.1 Å². The van der Waals surface area contributed by atoms with Crippen molar-refractivity contribution in [1.82, 2.24) is 0 Å². The summed E-state index contributed by atoms with van der Waals surface area (Å²) in [4.78, 5) is 0. The molecule has 0 spiro atoms. The van der Waals surface area contributed by atoms with Crippen LogP contribution < -0.4 is 0 Å². The van der Waals surface area contributed by atoms with Gasteiger partial charge in [-0.2, -0.15) is 0 Å². The van der Waals surface area contributed by atoms with E-state index in [1.165, 1.54) is 0 Å². The van der Waals surface area contributed by atoms with Gasteiger partial charge in [0.25, 0.3) is 0 Å². The Morgan fingerprint density at radius 1 is 1.18 bits per heavy atom. The van der Waals surface area contributed by atoms with Crippen molar-refractivity contribution in [2.45, 2.75) is 26.3 Å². The molecular weight excluding hydrogens is 180 g/mol. The topological polar surface area (TPSA) is 18.5 Å². The van der Waals surface area contributed by atoms with Crippen molar-refractivity contribution in [3.63, 3.8) is 0 Å². The van der Waals surface area contributed by atoms with Gasteiger partial charge < -0.3 is 8.85 Å². The number of halogens is 1. The smallest absolute Gasteiger partial charge is 0.384 e. The van der Waals surface area contributed by atoms with E-state index in [4.69, 9.17) is 20.5 Å². The lowest BCUT2D eigenvalue weighted by molar-refractivity contribution is 0.213. The van der Waals surface area contributed by atoms with Crippen LogP contribution in [0.3, 0.4) is 0 Å². The molecule has 0 aromatic heterocycles. The van der Waals surface area contributed by atoms with Gasteiger partial charge >= 0.3 is 9.28 Å². The highest BCUT2D eigenvalue weighted by molar-refractivity contribution is 6.44. The van der Waals surface area contributed by atoms with Crippen molar-refractivity contribution in [3.05, 3.63) is 0 Å². The summed E-state index contributed by atoms with van der Waals surface area (Å²) in [5, 5.41) is 0. The molecule has 0 aromatic carbocycles. The standard InChI is InChI=1S/C7H16ClO2Si/c1-3-9-11(10-4-2)7-5-6-8/h3-7H2,1-2H3. The molecule has 0 heterocycles. The van der Waals surface area contributed by atoms with Gasteiger partial charge in [-0.1, -0.05) is 0 Å². The highest BCUT2D eigenvalue weighted by Gasteiger charge is 2.12. The maximum absolute atomic E-state index is 5.55. The molecule has 2 nitrogen and oxygen atoms in total. The summed E-state index contributed by atoms with van der Waals surface area (Å²) < 4.78 is 10.8. The van der Waals surface area contributed by atoms with E-state index in [-0.39, 0.29) is 0 Å². The Morgan fingerprint density at radius 2 is 1.73 bits per heavy atom. The minimum atomic E-state index is -0.994. The van der Waals surface area contributed by atoms with Gasteiger partial charge in [0.1, 0.15) is 0 Å². The summed E-state index contributed by atoms with van der Waals surface area (Å²) >= 11 is 5.55. The maximum Gasteiger partial charge on any atom is 0.384 e. The number of rotatable bonds is 7. The van der Waals surface area contributed by atoms with E-state index < -0.39 is 9.28 Å². The molecule has 0 aliphatic carbocycles. The molecule has 11 heavy (non-hydrogen) atoms. The van der Waals surface area contributed by atoms with Gasteiger partial charge in [-0.15, -0.1) is 11.6 Å². The lowest BCUT2D eigenvalue weighted by Gasteiger charge is -2.11. The molecule has 0 aromatic rings. The molecule has 0 saturated heterocycles. The van der Waals surface area contributed by atoms with E-state index in [0.29, 0.717) is 5.88 Å². The largest absolute Gasteiger partial charge is 0.394 e. The first-order valence-corrected chi connectivity index (χ1v) is 6.08. The molecule has 0 N–H and O–H groups in total. The molecule has 0 amide bonds. The minimum Gasteiger partial charge on any atom is -0.394 e. The monoisotopic (exact) mass is 195 g/mol. The second kappa shape index (κ2) is 8.52. The van der Waals surface area contributed by atoms with Gasteiger partial charge in [0.05, 0.1) is 0 Å². The molecule has 67 valence electrons. The SMILES string of the molecule is CCO[Si](CCCCl)OCC. The number of alkyl halides is 1. The third kappa shape index (κ3) is 6.81. The van der Waals surface area contributed by atoms with Gasteiger partial charge in [0, 0.05) is 19.1 Å². The molecule has 0 aliphatic heterocycles. The lowest BCUT2D eigenvalue weighted by atomic mass is 10.6. The zero-order chi connectivity index (χ0) is 8.53. The molecule has 0 saturated carbocycles. The Balaban J connectivity index is 3.34. The van der Waals surface area contributed by atoms with Gasteiger partial charge in [-0.05, 0) is 26.3 Å². The van der Waals surface area contributed by atoms with Crippen LogP contribution in [0, 0.1) is 0 Å². The van der Waals surface area contributed by atoms with Crippen LogP contribution in [-0.4, -0.2) is 28.4 Å². The Morgan fingerprint density at radius 3 is 2.09 bits per heavy atom. The van der Waals surface area contributed by atoms with E-state index in [0.717, 1.165) is 25.7 Å². The molecule has 0 bridgehead atoms. The first-order chi connectivity index (χ1) is 5.35. The van der Waals surface area contributed by atoms with Crippen LogP contribution in [0.1, 0.15) is 20.3 Å². The second-order valence-corrected chi connectivity index (χ2v) is 4.23. The van der Waals surface area contributed by atoms with Gasteiger partial charge in [-0.3, -0.25) is 0 Å². The van der Waals surface area contributed by atoms with Crippen LogP contribution in [0.25, 0.3) is 0 Å². The average Bonchev–Trinajstić information content (AvgIpc) is 2.01. The van der Waals surface area contributed by atoms with Crippen molar-refractivity contribution < 1.29 is 8.85 Å². The van der Waals surface area contributed by atoms with E-state index in [9.17, 15) is 0 Å². The third-order valence-corrected chi connectivity index (χ3v) is 3.38. The summed E-state index contributed by atoms with van der Waals surface area (Å²) in [6, 6.07) is 0.996. The minimum absolute atomic E-state index is 0.703. The summed E-state index contributed by atoms with van der Waals surface area (Å²) in [7, 11) is -0.994. The van der Waals surface area contributed by atoms with Crippen molar-refractivity contribution >= 4 is 20.9 Å². The fourth-order valence-electron chi connectivity index (χ4n) is 0.719. The zero-order valence-electron chi connectivity index (χ0n) is 7.23. The van der Waals surface area contributed by atoms with E-state index >= 15 is 0 Å². The first-order valence-electron chi connectivity index (χ1n) is 4.02. The third-order valence-electron chi connectivity index (χ3n) is 1.13.